The van der Waals surface area contributed by atoms with Crippen LogP contribution in [-0.2, 0) is 4.79 Å². The molecule has 0 aliphatic carbocycles. The van der Waals surface area contributed by atoms with E-state index in [1.807, 2.05) is 19.1 Å². The third-order valence-corrected chi connectivity index (χ3v) is 4.67. The molecule has 2 N–H and O–H groups in total. The first-order valence-corrected chi connectivity index (χ1v) is 8.76. The van der Waals surface area contributed by atoms with Crippen molar-refractivity contribution in [1.82, 2.24) is 5.43 Å². The lowest BCUT2D eigenvalue weighted by atomic mass is 10.2. The first-order chi connectivity index (χ1) is 11.9. The maximum Gasteiger partial charge on any atom is 0.277 e. The van der Waals surface area contributed by atoms with Crippen molar-refractivity contribution in [2.45, 2.75) is 6.92 Å². The van der Waals surface area contributed by atoms with Gasteiger partial charge in [-0.25, -0.2) is 5.43 Å². The molecule has 0 atom stereocenters. The van der Waals surface area contributed by atoms with E-state index in [9.17, 15) is 9.90 Å². The van der Waals surface area contributed by atoms with Gasteiger partial charge in [0.15, 0.2) is 18.1 Å². The van der Waals surface area contributed by atoms with Gasteiger partial charge in [-0.1, -0.05) is 15.9 Å². The van der Waals surface area contributed by atoms with Crippen molar-refractivity contribution in [3.8, 4) is 17.2 Å². The van der Waals surface area contributed by atoms with E-state index in [1.165, 1.54) is 13.3 Å². The molecule has 2 rings (SSSR count). The minimum atomic E-state index is -0.387. The maximum atomic E-state index is 11.8. The van der Waals surface area contributed by atoms with Crippen LogP contribution in [0.25, 0.3) is 0 Å². The van der Waals surface area contributed by atoms with Crippen LogP contribution in [0.15, 0.2) is 44.4 Å². The summed E-state index contributed by atoms with van der Waals surface area (Å²) < 4.78 is 11.9. The van der Waals surface area contributed by atoms with E-state index in [1.54, 1.807) is 18.2 Å². The number of methoxy groups -OCH3 is 1. The summed E-state index contributed by atoms with van der Waals surface area (Å²) in [7, 11) is 1.45. The van der Waals surface area contributed by atoms with Gasteiger partial charge in [0.05, 0.1) is 17.8 Å². The smallest absolute Gasteiger partial charge is 0.277 e. The summed E-state index contributed by atoms with van der Waals surface area (Å²) in [6.07, 6.45) is 1.44. The van der Waals surface area contributed by atoms with E-state index < -0.39 is 0 Å². The summed E-state index contributed by atoms with van der Waals surface area (Å²) in [5.74, 6) is 0.520. The van der Waals surface area contributed by atoms with Gasteiger partial charge in [-0.05, 0) is 64.3 Å². The Morgan fingerprint density at radius 3 is 2.72 bits per heavy atom. The molecule has 0 aliphatic rings. The zero-order chi connectivity index (χ0) is 18.4. The highest BCUT2D eigenvalue weighted by molar-refractivity contribution is 9.10. The van der Waals surface area contributed by atoms with Crippen molar-refractivity contribution in [3.05, 3.63) is 50.4 Å². The van der Waals surface area contributed by atoms with Gasteiger partial charge >= 0.3 is 0 Å². The molecule has 0 aliphatic heterocycles. The van der Waals surface area contributed by atoms with Crippen molar-refractivity contribution in [2.24, 2.45) is 5.10 Å². The van der Waals surface area contributed by atoms with Crippen LogP contribution in [0, 0.1) is 6.92 Å². The van der Waals surface area contributed by atoms with Crippen LogP contribution >= 0.6 is 31.9 Å². The third kappa shape index (κ3) is 5.47. The predicted molar refractivity (Wildman–Crippen MR) is 102 cm³/mol. The zero-order valence-electron chi connectivity index (χ0n) is 13.5. The molecule has 1 amide bonds. The van der Waals surface area contributed by atoms with Gasteiger partial charge in [0.2, 0.25) is 0 Å². The number of phenols is 1. The SMILES string of the molecule is COc1cc(/C=N/NC(=O)COc2ccc(Br)c(C)c2)cc(Br)c1O. The number of ether oxygens (including phenoxy) is 2. The van der Waals surface area contributed by atoms with Gasteiger partial charge in [0.1, 0.15) is 5.75 Å². The minimum absolute atomic E-state index is 0.00174. The normalized spacial score (nSPS) is 10.7. The zero-order valence-corrected chi connectivity index (χ0v) is 16.7. The fraction of sp³-hybridized carbons (Fsp3) is 0.176. The summed E-state index contributed by atoms with van der Waals surface area (Å²) in [5.41, 5.74) is 4.04. The summed E-state index contributed by atoms with van der Waals surface area (Å²) >= 11 is 6.62. The summed E-state index contributed by atoms with van der Waals surface area (Å²) in [6, 6.07) is 8.71. The number of carbonyl (C=O) groups is 1. The number of nitrogens with zero attached hydrogens (tertiary/aromatic N) is 1. The Kier molecular flexibility index (Phi) is 6.83. The maximum absolute atomic E-state index is 11.8. The highest BCUT2D eigenvalue weighted by atomic mass is 79.9. The Morgan fingerprint density at radius 2 is 2.04 bits per heavy atom. The number of nitrogens with one attached hydrogen (secondary N) is 1. The van der Waals surface area contributed by atoms with Crippen molar-refractivity contribution < 1.29 is 19.4 Å². The topological polar surface area (TPSA) is 80.2 Å². The molecule has 2 aromatic carbocycles. The van der Waals surface area contributed by atoms with Gasteiger partial charge in [-0.15, -0.1) is 0 Å². The second-order valence-electron chi connectivity index (χ2n) is 5.05. The second-order valence-corrected chi connectivity index (χ2v) is 6.76. The Hall–Kier alpha value is -2.06. The molecule has 0 bridgehead atoms. The molecule has 0 spiro atoms. The van der Waals surface area contributed by atoms with Crippen molar-refractivity contribution in [3.63, 3.8) is 0 Å². The standard InChI is InChI=1S/C17H16Br2N2O4/c1-10-5-12(3-4-13(10)18)25-9-16(22)21-20-8-11-6-14(19)17(23)15(7-11)24-2/h3-8,23H,9H2,1-2H3,(H,21,22)/b20-8+. The molecule has 0 aromatic heterocycles. The number of aryl methyl sites for hydroxylation is 1. The van der Waals surface area contributed by atoms with E-state index in [-0.39, 0.29) is 18.3 Å². The van der Waals surface area contributed by atoms with E-state index in [2.05, 4.69) is 42.4 Å². The largest absolute Gasteiger partial charge is 0.503 e. The van der Waals surface area contributed by atoms with Gasteiger partial charge < -0.3 is 14.6 Å². The molecule has 25 heavy (non-hydrogen) atoms. The van der Waals surface area contributed by atoms with Crippen LogP contribution in [0.4, 0.5) is 0 Å². The Balaban J connectivity index is 1.90. The fourth-order valence-corrected chi connectivity index (χ4v) is 2.60. The molecular formula is C17H16Br2N2O4. The average Bonchev–Trinajstić information content (AvgIpc) is 2.59. The number of hydrogen-bond acceptors (Lipinski definition) is 5. The first-order valence-electron chi connectivity index (χ1n) is 7.18. The lowest BCUT2D eigenvalue weighted by Gasteiger charge is -2.07. The van der Waals surface area contributed by atoms with Gasteiger partial charge in [0, 0.05) is 4.47 Å². The Labute approximate surface area is 162 Å². The van der Waals surface area contributed by atoms with Gasteiger partial charge in [0.25, 0.3) is 5.91 Å². The van der Waals surface area contributed by atoms with Crippen LogP contribution in [-0.4, -0.2) is 30.9 Å². The number of aromatic hydroxyl groups is 1. The number of halogens is 2. The number of phenolic OH excluding ortho intramolecular Hbond substituents is 1. The molecule has 0 saturated carbocycles. The number of rotatable bonds is 6. The van der Waals surface area contributed by atoms with Crippen LogP contribution in [0.3, 0.4) is 0 Å². The van der Waals surface area contributed by atoms with Crippen LogP contribution in [0.5, 0.6) is 17.2 Å². The molecule has 0 heterocycles. The summed E-state index contributed by atoms with van der Waals surface area (Å²) in [6.45, 7) is 1.78. The molecule has 132 valence electrons. The Morgan fingerprint density at radius 1 is 1.28 bits per heavy atom. The fourth-order valence-electron chi connectivity index (χ4n) is 1.89. The molecule has 2 aromatic rings. The van der Waals surface area contributed by atoms with Crippen molar-refractivity contribution in [1.29, 1.82) is 0 Å². The number of hydrogen-bond donors (Lipinski definition) is 2. The summed E-state index contributed by atoms with van der Waals surface area (Å²) in [4.78, 5) is 11.8. The number of hydrazone groups is 1. The molecule has 0 saturated heterocycles. The molecule has 0 unspecified atom stereocenters. The highest BCUT2D eigenvalue weighted by Crippen LogP contribution is 2.34. The highest BCUT2D eigenvalue weighted by Gasteiger charge is 2.08. The number of amides is 1. The van der Waals surface area contributed by atoms with E-state index in [0.29, 0.717) is 21.5 Å². The average molecular weight is 472 g/mol. The molecular weight excluding hydrogens is 456 g/mol. The predicted octanol–water partition coefficient (Wildman–Crippen LogP) is 3.76. The van der Waals surface area contributed by atoms with Gasteiger partial charge in [-0.2, -0.15) is 5.10 Å². The van der Waals surface area contributed by atoms with Crippen LogP contribution in [0.2, 0.25) is 0 Å². The van der Waals surface area contributed by atoms with E-state index in [4.69, 9.17) is 9.47 Å². The number of benzene rings is 2. The first kappa shape index (κ1) is 19.3. The van der Waals surface area contributed by atoms with Crippen molar-refractivity contribution in [2.75, 3.05) is 13.7 Å². The van der Waals surface area contributed by atoms with Crippen LogP contribution in [0.1, 0.15) is 11.1 Å². The summed E-state index contributed by atoms with van der Waals surface area (Å²) in [5, 5.41) is 13.6. The lowest BCUT2D eigenvalue weighted by Crippen LogP contribution is -2.24. The van der Waals surface area contributed by atoms with E-state index in [0.717, 1.165) is 10.0 Å². The lowest BCUT2D eigenvalue weighted by molar-refractivity contribution is -0.123. The van der Waals surface area contributed by atoms with Crippen LogP contribution < -0.4 is 14.9 Å². The third-order valence-electron chi connectivity index (χ3n) is 3.17. The Bertz CT molecular complexity index is 809. The van der Waals surface area contributed by atoms with Gasteiger partial charge in [-0.3, -0.25) is 4.79 Å². The van der Waals surface area contributed by atoms with E-state index >= 15 is 0 Å². The minimum Gasteiger partial charge on any atom is -0.503 e. The quantitative estimate of drug-likeness (QED) is 0.496. The molecule has 6 nitrogen and oxygen atoms in total. The molecule has 0 fully saturated rings. The molecule has 8 heteroatoms. The van der Waals surface area contributed by atoms with Crippen molar-refractivity contribution >= 4 is 44.0 Å². The monoisotopic (exact) mass is 470 g/mol. The molecule has 0 radical (unpaired) electrons. The number of carbonyl (C=O) groups excluding carboxylic acids is 1. The second kappa shape index (κ2) is 8.87.